The molecule has 2 rings (SSSR count). The van der Waals surface area contributed by atoms with Crippen molar-refractivity contribution in [3.8, 4) is 0 Å². The lowest BCUT2D eigenvalue weighted by molar-refractivity contribution is -0.122. The summed E-state index contributed by atoms with van der Waals surface area (Å²) < 4.78 is 0. The van der Waals surface area contributed by atoms with E-state index in [0.29, 0.717) is 12.3 Å². The molecular weight excluding hydrogens is 248 g/mol. The molecule has 0 aromatic heterocycles. The number of carbonyl (C=O) groups is 1. The molecule has 1 aliphatic rings. The monoisotopic (exact) mass is 274 g/mol. The van der Waals surface area contributed by atoms with Crippen molar-refractivity contribution in [2.24, 2.45) is 17.6 Å². The highest BCUT2D eigenvalue weighted by molar-refractivity contribution is 5.81. The van der Waals surface area contributed by atoms with Gasteiger partial charge in [-0.1, -0.05) is 50.1 Å². The van der Waals surface area contributed by atoms with Crippen LogP contribution >= 0.6 is 0 Å². The van der Waals surface area contributed by atoms with Crippen LogP contribution < -0.4 is 11.1 Å². The van der Waals surface area contributed by atoms with E-state index < -0.39 is 6.04 Å². The molecule has 1 aromatic carbocycles. The zero-order valence-corrected chi connectivity index (χ0v) is 12.3. The van der Waals surface area contributed by atoms with Gasteiger partial charge >= 0.3 is 0 Å². The van der Waals surface area contributed by atoms with Crippen molar-refractivity contribution in [2.75, 3.05) is 6.54 Å². The van der Waals surface area contributed by atoms with Crippen molar-refractivity contribution >= 4 is 5.91 Å². The van der Waals surface area contributed by atoms with Crippen LogP contribution in [0.2, 0.25) is 0 Å². The Bertz CT molecular complexity index is 418. The normalized spacial score (nSPS) is 23.5. The fourth-order valence-electron chi connectivity index (χ4n) is 2.99. The molecular formula is C17H26N2O. The average Bonchev–Trinajstić information content (AvgIpc) is 2.88. The molecule has 3 atom stereocenters. The number of nitrogens with two attached hydrogens (primary N) is 1. The van der Waals surface area contributed by atoms with Gasteiger partial charge in [-0.05, 0) is 36.7 Å². The maximum absolute atomic E-state index is 12.0. The van der Waals surface area contributed by atoms with Gasteiger partial charge in [0.1, 0.15) is 0 Å². The van der Waals surface area contributed by atoms with Crippen LogP contribution in [0.4, 0.5) is 0 Å². The number of rotatable bonds is 6. The first-order chi connectivity index (χ1) is 9.66. The number of hydrogen-bond acceptors (Lipinski definition) is 2. The van der Waals surface area contributed by atoms with Gasteiger partial charge in [0, 0.05) is 6.54 Å². The number of amides is 1. The molecule has 0 aliphatic heterocycles. The van der Waals surface area contributed by atoms with Crippen molar-refractivity contribution < 1.29 is 4.79 Å². The molecule has 3 N–H and O–H groups in total. The summed E-state index contributed by atoms with van der Waals surface area (Å²) in [6.07, 6.45) is 5.38. The Balaban J connectivity index is 1.69. The number of hydrogen-bond donors (Lipinski definition) is 2. The molecule has 3 heteroatoms. The third kappa shape index (κ3) is 4.34. The predicted molar refractivity (Wildman–Crippen MR) is 82.3 cm³/mol. The van der Waals surface area contributed by atoms with Crippen LogP contribution in [0.3, 0.4) is 0 Å². The smallest absolute Gasteiger partial charge is 0.236 e. The van der Waals surface area contributed by atoms with Crippen LogP contribution in [0.15, 0.2) is 30.3 Å². The molecule has 1 aliphatic carbocycles. The molecule has 1 aromatic rings. The van der Waals surface area contributed by atoms with E-state index in [1.54, 1.807) is 0 Å². The fourth-order valence-corrected chi connectivity index (χ4v) is 2.99. The zero-order chi connectivity index (χ0) is 14.4. The molecule has 3 unspecified atom stereocenters. The summed E-state index contributed by atoms with van der Waals surface area (Å²) in [5.41, 5.74) is 7.21. The molecule has 0 radical (unpaired) electrons. The van der Waals surface area contributed by atoms with E-state index in [1.165, 1.54) is 24.8 Å². The third-order valence-electron chi connectivity index (χ3n) is 4.50. The van der Waals surface area contributed by atoms with Crippen LogP contribution in [0, 0.1) is 11.8 Å². The largest absolute Gasteiger partial charge is 0.354 e. The van der Waals surface area contributed by atoms with Gasteiger partial charge in [-0.15, -0.1) is 0 Å². The molecule has 1 fully saturated rings. The van der Waals surface area contributed by atoms with Gasteiger partial charge in [0.2, 0.25) is 5.91 Å². The summed E-state index contributed by atoms with van der Waals surface area (Å²) >= 11 is 0. The van der Waals surface area contributed by atoms with Gasteiger partial charge in [0.15, 0.2) is 0 Å². The maximum Gasteiger partial charge on any atom is 0.236 e. The van der Waals surface area contributed by atoms with Crippen molar-refractivity contribution in [3.63, 3.8) is 0 Å². The van der Waals surface area contributed by atoms with Crippen LogP contribution in [0.25, 0.3) is 0 Å². The Morgan fingerprint density at radius 3 is 2.75 bits per heavy atom. The van der Waals surface area contributed by atoms with Crippen LogP contribution in [-0.2, 0) is 11.2 Å². The molecule has 20 heavy (non-hydrogen) atoms. The lowest BCUT2D eigenvalue weighted by atomic mass is 9.98. The first kappa shape index (κ1) is 15.0. The molecule has 1 amide bonds. The van der Waals surface area contributed by atoms with Gasteiger partial charge in [0.05, 0.1) is 6.04 Å². The first-order valence-electron chi connectivity index (χ1n) is 7.74. The summed E-state index contributed by atoms with van der Waals surface area (Å²) in [6, 6.07) is 9.78. The van der Waals surface area contributed by atoms with Crippen LogP contribution in [-0.4, -0.2) is 18.5 Å². The molecule has 0 bridgehead atoms. The topological polar surface area (TPSA) is 55.1 Å². The number of aryl methyl sites for hydroxylation is 1. The molecule has 3 nitrogen and oxygen atoms in total. The Kier molecular flexibility index (Phi) is 5.60. The van der Waals surface area contributed by atoms with Crippen molar-refractivity contribution in [1.29, 1.82) is 0 Å². The second kappa shape index (κ2) is 7.44. The summed E-state index contributed by atoms with van der Waals surface area (Å²) in [6.45, 7) is 3.07. The molecule has 0 saturated heterocycles. The second-order valence-electron chi connectivity index (χ2n) is 6.04. The molecule has 110 valence electrons. The lowest BCUT2D eigenvalue weighted by Crippen LogP contribution is -2.42. The number of carbonyl (C=O) groups excluding carboxylic acids is 1. The minimum absolute atomic E-state index is 0.0000288. The molecule has 0 heterocycles. The second-order valence-corrected chi connectivity index (χ2v) is 6.04. The number of benzene rings is 1. The summed E-state index contributed by atoms with van der Waals surface area (Å²) in [5.74, 6) is 1.37. The predicted octanol–water partition coefficient (Wildman–Crippen LogP) is 2.50. The maximum atomic E-state index is 12.0. The van der Waals surface area contributed by atoms with Gasteiger partial charge in [-0.25, -0.2) is 0 Å². The third-order valence-corrected chi connectivity index (χ3v) is 4.50. The summed E-state index contributed by atoms with van der Waals surface area (Å²) in [5, 5.41) is 3.03. The highest BCUT2D eigenvalue weighted by atomic mass is 16.2. The van der Waals surface area contributed by atoms with E-state index >= 15 is 0 Å². The van der Waals surface area contributed by atoms with Gasteiger partial charge < -0.3 is 11.1 Å². The van der Waals surface area contributed by atoms with Gasteiger partial charge in [-0.2, -0.15) is 0 Å². The van der Waals surface area contributed by atoms with E-state index in [4.69, 9.17) is 5.73 Å². The summed E-state index contributed by atoms with van der Waals surface area (Å²) in [4.78, 5) is 12.0. The standard InChI is InChI=1S/C17H26N2O/c1-13-6-5-9-15(13)12-19-17(20)16(18)11-10-14-7-3-2-4-8-14/h2-4,7-8,13,15-16H,5-6,9-12,18H2,1H3,(H,19,20). The Morgan fingerprint density at radius 1 is 1.35 bits per heavy atom. The average molecular weight is 274 g/mol. The van der Waals surface area contributed by atoms with Crippen molar-refractivity contribution in [1.82, 2.24) is 5.32 Å². The minimum Gasteiger partial charge on any atom is -0.354 e. The van der Waals surface area contributed by atoms with Crippen molar-refractivity contribution in [3.05, 3.63) is 35.9 Å². The van der Waals surface area contributed by atoms with E-state index in [1.807, 2.05) is 18.2 Å². The lowest BCUT2D eigenvalue weighted by Gasteiger charge is -2.18. The van der Waals surface area contributed by atoms with Crippen LogP contribution in [0.1, 0.15) is 38.2 Å². The van der Waals surface area contributed by atoms with Crippen molar-refractivity contribution in [2.45, 2.75) is 45.1 Å². The van der Waals surface area contributed by atoms with E-state index in [9.17, 15) is 4.79 Å². The summed E-state index contributed by atoms with van der Waals surface area (Å²) in [7, 11) is 0. The molecule has 1 saturated carbocycles. The van der Waals surface area contributed by atoms with E-state index in [-0.39, 0.29) is 5.91 Å². The van der Waals surface area contributed by atoms with E-state index in [0.717, 1.165) is 18.9 Å². The quantitative estimate of drug-likeness (QED) is 0.837. The highest BCUT2D eigenvalue weighted by Gasteiger charge is 2.24. The highest BCUT2D eigenvalue weighted by Crippen LogP contribution is 2.30. The van der Waals surface area contributed by atoms with E-state index in [2.05, 4.69) is 24.4 Å². The number of nitrogens with one attached hydrogen (secondary N) is 1. The van der Waals surface area contributed by atoms with Gasteiger partial charge in [0.25, 0.3) is 0 Å². The zero-order valence-electron chi connectivity index (χ0n) is 12.3. The Labute approximate surface area is 121 Å². The fraction of sp³-hybridized carbons (Fsp3) is 0.588. The Hall–Kier alpha value is -1.35. The SMILES string of the molecule is CC1CCCC1CNC(=O)C(N)CCc1ccccc1. The molecule has 0 spiro atoms. The Morgan fingerprint density at radius 2 is 2.10 bits per heavy atom. The minimum atomic E-state index is -0.396. The van der Waals surface area contributed by atoms with Crippen LogP contribution in [0.5, 0.6) is 0 Å². The first-order valence-corrected chi connectivity index (χ1v) is 7.74. The van der Waals surface area contributed by atoms with Gasteiger partial charge in [-0.3, -0.25) is 4.79 Å².